The lowest BCUT2D eigenvalue weighted by Crippen LogP contribution is -2.48. The number of halogens is 1. The number of furan rings is 1. The topological polar surface area (TPSA) is 98.1 Å². The van der Waals surface area contributed by atoms with Gasteiger partial charge in [0.15, 0.2) is 0 Å². The van der Waals surface area contributed by atoms with Crippen LogP contribution in [0, 0.1) is 0 Å². The number of carbonyl (C=O) groups excluding carboxylic acids is 3. The monoisotopic (exact) mass is 405 g/mol. The first kappa shape index (κ1) is 18.4. The minimum absolute atomic E-state index is 0.172. The van der Waals surface area contributed by atoms with E-state index in [1.54, 1.807) is 39.2 Å². The predicted octanol–water partition coefficient (Wildman–Crippen LogP) is 1.94. The molecular formula is C18H20ClN5O4. The van der Waals surface area contributed by atoms with Crippen molar-refractivity contribution in [3.05, 3.63) is 35.0 Å². The molecule has 4 rings (SSSR count). The van der Waals surface area contributed by atoms with E-state index in [2.05, 4.69) is 10.6 Å². The molecule has 5 amide bonds. The van der Waals surface area contributed by atoms with E-state index in [9.17, 15) is 14.4 Å². The van der Waals surface area contributed by atoms with Gasteiger partial charge in [0.25, 0.3) is 0 Å². The van der Waals surface area contributed by atoms with Crippen molar-refractivity contribution >= 4 is 40.5 Å². The summed E-state index contributed by atoms with van der Waals surface area (Å²) in [5, 5.41) is 7.01. The molecule has 3 heterocycles. The van der Waals surface area contributed by atoms with Crippen LogP contribution < -0.4 is 10.6 Å². The van der Waals surface area contributed by atoms with Gasteiger partial charge in [0.2, 0.25) is 5.91 Å². The highest BCUT2D eigenvalue weighted by Crippen LogP contribution is 2.28. The van der Waals surface area contributed by atoms with Crippen LogP contribution in [0.3, 0.4) is 0 Å². The SMILES string of the molecule is C[C@H](NC(=O)CN1C(=O)N[C@@H]2[C@@H]1N(C)C(=O)N2C)c1cc2cc(Cl)ccc2o1. The molecule has 28 heavy (non-hydrogen) atoms. The Balaban J connectivity index is 1.44. The maximum absolute atomic E-state index is 12.5. The normalized spacial score (nSPS) is 22.6. The molecule has 2 aromatic rings. The molecule has 0 aliphatic carbocycles. The minimum atomic E-state index is -0.528. The Kier molecular flexibility index (Phi) is 4.34. The number of hydrogen-bond donors (Lipinski definition) is 2. The number of nitrogens with zero attached hydrogens (tertiary/aromatic N) is 3. The van der Waals surface area contributed by atoms with Crippen LogP contribution >= 0.6 is 11.6 Å². The third-order valence-electron chi connectivity index (χ3n) is 5.17. The standard InChI is InChI=1S/C18H20ClN5O4/c1-9(13-7-10-6-11(19)4-5-12(10)28-13)20-14(25)8-24-16-15(21-17(24)26)22(2)18(27)23(16)3/h4-7,9,15-16H,8H2,1-3H3,(H,20,25)(H,21,26)/t9-,15-,16+/m0/s1. The predicted molar refractivity (Wildman–Crippen MR) is 102 cm³/mol. The zero-order valence-corrected chi connectivity index (χ0v) is 16.4. The van der Waals surface area contributed by atoms with Crippen molar-refractivity contribution in [2.75, 3.05) is 20.6 Å². The number of urea groups is 2. The maximum Gasteiger partial charge on any atom is 0.323 e. The number of fused-ring (bicyclic) bond motifs is 2. The van der Waals surface area contributed by atoms with Gasteiger partial charge in [-0.05, 0) is 31.2 Å². The van der Waals surface area contributed by atoms with Crippen LogP contribution in [-0.2, 0) is 4.79 Å². The van der Waals surface area contributed by atoms with Gasteiger partial charge in [-0.25, -0.2) is 9.59 Å². The Morgan fingerprint density at radius 1 is 1.29 bits per heavy atom. The molecule has 0 spiro atoms. The van der Waals surface area contributed by atoms with Crippen LogP contribution in [0.5, 0.6) is 0 Å². The fourth-order valence-corrected chi connectivity index (χ4v) is 3.88. The highest BCUT2D eigenvalue weighted by atomic mass is 35.5. The number of amides is 5. The molecular weight excluding hydrogens is 386 g/mol. The van der Waals surface area contributed by atoms with Gasteiger partial charge < -0.3 is 24.9 Å². The van der Waals surface area contributed by atoms with Gasteiger partial charge in [0.1, 0.15) is 30.2 Å². The fourth-order valence-electron chi connectivity index (χ4n) is 3.70. The van der Waals surface area contributed by atoms with E-state index >= 15 is 0 Å². The zero-order valence-electron chi connectivity index (χ0n) is 15.6. The molecule has 2 N–H and O–H groups in total. The van der Waals surface area contributed by atoms with Crippen LogP contribution in [0.25, 0.3) is 11.0 Å². The Hall–Kier alpha value is -2.94. The molecule has 1 aromatic carbocycles. The first-order valence-electron chi connectivity index (χ1n) is 8.81. The van der Waals surface area contributed by atoms with Gasteiger partial charge in [-0.1, -0.05) is 11.6 Å². The van der Waals surface area contributed by atoms with Gasteiger partial charge in [-0.2, -0.15) is 0 Å². The summed E-state index contributed by atoms with van der Waals surface area (Å²) in [6.07, 6.45) is -1.00. The Bertz CT molecular complexity index is 976. The molecule has 9 nitrogen and oxygen atoms in total. The Morgan fingerprint density at radius 2 is 2.04 bits per heavy atom. The van der Waals surface area contributed by atoms with E-state index in [1.165, 1.54) is 14.7 Å². The lowest BCUT2D eigenvalue weighted by Gasteiger charge is -2.26. The van der Waals surface area contributed by atoms with Crippen molar-refractivity contribution < 1.29 is 18.8 Å². The molecule has 2 aliphatic heterocycles. The quantitative estimate of drug-likeness (QED) is 0.812. The van der Waals surface area contributed by atoms with E-state index in [1.807, 2.05) is 6.07 Å². The summed E-state index contributed by atoms with van der Waals surface area (Å²) in [6.45, 7) is 1.62. The van der Waals surface area contributed by atoms with Crippen LogP contribution in [0.15, 0.2) is 28.7 Å². The largest absolute Gasteiger partial charge is 0.459 e. The van der Waals surface area contributed by atoms with Crippen molar-refractivity contribution in [3.8, 4) is 0 Å². The molecule has 148 valence electrons. The highest BCUT2D eigenvalue weighted by Gasteiger charge is 2.52. The van der Waals surface area contributed by atoms with Crippen molar-refractivity contribution in [3.63, 3.8) is 0 Å². The lowest BCUT2D eigenvalue weighted by molar-refractivity contribution is -0.123. The summed E-state index contributed by atoms with van der Waals surface area (Å²) in [7, 11) is 3.22. The van der Waals surface area contributed by atoms with Crippen molar-refractivity contribution in [2.45, 2.75) is 25.3 Å². The van der Waals surface area contributed by atoms with Gasteiger partial charge >= 0.3 is 12.1 Å². The molecule has 2 fully saturated rings. The Labute approximate surface area is 166 Å². The molecule has 10 heteroatoms. The fraction of sp³-hybridized carbons (Fsp3) is 0.389. The van der Waals surface area contributed by atoms with Gasteiger partial charge in [0.05, 0.1) is 6.04 Å². The average molecular weight is 406 g/mol. The number of hydrogen-bond acceptors (Lipinski definition) is 4. The van der Waals surface area contributed by atoms with E-state index in [4.69, 9.17) is 16.0 Å². The summed E-state index contributed by atoms with van der Waals surface area (Å²) in [4.78, 5) is 41.1. The third kappa shape index (κ3) is 2.91. The van der Waals surface area contributed by atoms with E-state index < -0.39 is 18.4 Å². The molecule has 3 atom stereocenters. The molecule has 2 saturated heterocycles. The third-order valence-corrected chi connectivity index (χ3v) is 5.40. The number of likely N-dealkylation sites (N-methyl/N-ethyl adjacent to an activating group) is 2. The second-order valence-electron chi connectivity index (χ2n) is 7.06. The Morgan fingerprint density at radius 3 is 2.79 bits per heavy atom. The number of rotatable bonds is 4. The van der Waals surface area contributed by atoms with Crippen LogP contribution in [0.1, 0.15) is 18.7 Å². The summed E-state index contributed by atoms with van der Waals surface area (Å²) < 4.78 is 5.77. The zero-order chi connectivity index (χ0) is 20.2. The van der Waals surface area contributed by atoms with Crippen molar-refractivity contribution in [1.29, 1.82) is 0 Å². The molecule has 2 aliphatic rings. The van der Waals surface area contributed by atoms with Crippen molar-refractivity contribution in [2.24, 2.45) is 0 Å². The lowest BCUT2D eigenvalue weighted by atomic mass is 10.2. The van der Waals surface area contributed by atoms with E-state index in [0.29, 0.717) is 16.4 Å². The summed E-state index contributed by atoms with van der Waals surface area (Å²) in [5.74, 6) is 0.236. The van der Waals surface area contributed by atoms with Crippen LogP contribution in [-0.4, -0.2) is 65.6 Å². The first-order chi connectivity index (χ1) is 13.3. The van der Waals surface area contributed by atoms with Crippen molar-refractivity contribution in [1.82, 2.24) is 25.3 Å². The van der Waals surface area contributed by atoms with Crippen LogP contribution in [0.4, 0.5) is 9.59 Å². The van der Waals surface area contributed by atoms with Gasteiger partial charge in [-0.3, -0.25) is 9.69 Å². The van der Waals surface area contributed by atoms with Gasteiger partial charge in [0, 0.05) is 24.5 Å². The van der Waals surface area contributed by atoms with E-state index in [-0.39, 0.29) is 24.5 Å². The molecule has 0 bridgehead atoms. The minimum Gasteiger partial charge on any atom is -0.459 e. The first-order valence-corrected chi connectivity index (χ1v) is 9.19. The van der Waals surface area contributed by atoms with E-state index in [0.717, 1.165) is 5.39 Å². The van der Waals surface area contributed by atoms with Gasteiger partial charge in [-0.15, -0.1) is 0 Å². The number of carbonyl (C=O) groups is 3. The molecule has 1 aromatic heterocycles. The summed E-state index contributed by atoms with van der Waals surface area (Å²) >= 11 is 5.99. The number of nitrogens with one attached hydrogen (secondary N) is 2. The smallest absolute Gasteiger partial charge is 0.323 e. The molecule has 0 unspecified atom stereocenters. The van der Waals surface area contributed by atoms with Crippen LogP contribution in [0.2, 0.25) is 5.02 Å². The second kappa shape index (κ2) is 6.59. The highest BCUT2D eigenvalue weighted by molar-refractivity contribution is 6.31. The molecule has 0 saturated carbocycles. The second-order valence-corrected chi connectivity index (χ2v) is 7.50. The molecule has 0 radical (unpaired) electrons. The summed E-state index contributed by atoms with van der Waals surface area (Å²) in [6, 6.07) is 6.12. The maximum atomic E-state index is 12.5. The summed E-state index contributed by atoms with van der Waals surface area (Å²) in [5.41, 5.74) is 0.677. The number of benzene rings is 1. The average Bonchev–Trinajstić information content (AvgIpc) is 3.26.